The summed E-state index contributed by atoms with van der Waals surface area (Å²) in [5.41, 5.74) is 2.68. The van der Waals surface area contributed by atoms with E-state index >= 15 is 0 Å². The largest absolute Gasteiger partial charge is 0.497 e. The SMILES string of the molecule is COc1ccc(-c2nc(N3CCC(NC(=O)OC(C)(C)C)CC3)nc3nc[nH]c23)cc1. The van der Waals surface area contributed by atoms with Gasteiger partial charge in [-0.25, -0.2) is 14.8 Å². The first kappa shape index (κ1) is 20.9. The highest BCUT2D eigenvalue weighted by Gasteiger charge is 2.25. The van der Waals surface area contributed by atoms with Crippen LogP contribution in [0.1, 0.15) is 33.6 Å². The lowest BCUT2D eigenvalue weighted by atomic mass is 10.1. The third kappa shape index (κ3) is 4.87. The van der Waals surface area contributed by atoms with Crippen molar-refractivity contribution >= 4 is 23.2 Å². The lowest BCUT2D eigenvalue weighted by Gasteiger charge is -2.33. The minimum Gasteiger partial charge on any atom is -0.497 e. The number of methoxy groups -OCH3 is 1. The third-order valence-corrected chi connectivity index (χ3v) is 5.14. The van der Waals surface area contributed by atoms with Crippen molar-refractivity contribution in [1.29, 1.82) is 0 Å². The number of H-pyrrole nitrogens is 1. The summed E-state index contributed by atoms with van der Waals surface area (Å²) in [6, 6.07) is 7.84. The first-order valence-corrected chi connectivity index (χ1v) is 10.4. The molecule has 0 bridgehead atoms. The zero-order valence-corrected chi connectivity index (χ0v) is 18.3. The molecular weight excluding hydrogens is 396 g/mol. The van der Waals surface area contributed by atoms with Crippen LogP contribution in [0.15, 0.2) is 30.6 Å². The van der Waals surface area contributed by atoms with E-state index in [0.717, 1.165) is 48.5 Å². The second-order valence-corrected chi connectivity index (χ2v) is 8.61. The first-order chi connectivity index (χ1) is 14.8. The number of carbonyl (C=O) groups is 1. The zero-order valence-electron chi connectivity index (χ0n) is 18.3. The Hall–Kier alpha value is -3.36. The molecule has 2 aromatic heterocycles. The number of benzene rings is 1. The van der Waals surface area contributed by atoms with E-state index in [0.29, 0.717) is 11.6 Å². The van der Waals surface area contributed by atoms with Gasteiger partial charge in [0.25, 0.3) is 0 Å². The quantitative estimate of drug-likeness (QED) is 0.660. The van der Waals surface area contributed by atoms with E-state index in [1.807, 2.05) is 45.0 Å². The van der Waals surface area contributed by atoms with Gasteiger partial charge in [-0.05, 0) is 57.9 Å². The number of anilines is 1. The van der Waals surface area contributed by atoms with Gasteiger partial charge in [-0.3, -0.25) is 0 Å². The van der Waals surface area contributed by atoms with Crippen molar-refractivity contribution in [3.8, 4) is 17.0 Å². The Morgan fingerprint density at radius 1 is 1.16 bits per heavy atom. The van der Waals surface area contributed by atoms with E-state index < -0.39 is 5.60 Å². The molecule has 31 heavy (non-hydrogen) atoms. The number of piperidine rings is 1. The van der Waals surface area contributed by atoms with E-state index in [-0.39, 0.29) is 12.1 Å². The summed E-state index contributed by atoms with van der Waals surface area (Å²) < 4.78 is 10.6. The molecule has 3 heterocycles. The van der Waals surface area contributed by atoms with Crippen molar-refractivity contribution < 1.29 is 14.3 Å². The maximum Gasteiger partial charge on any atom is 0.407 e. The number of hydrogen-bond donors (Lipinski definition) is 2. The van der Waals surface area contributed by atoms with Gasteiger partial charge < -0.3 is 24.7 Å². The normalized spacial score (nSPS) is 15.2. The number of nitrogens with one attached hydrogen (secondary N) is 2. The summed E-state index contributed by atoms with van der Waals surface area (Å²) in [6.45, 7) is 7.05. The molecular formula is C22H28N6O3. The number of imidazole rings is 1. The summed E-state index contributed by atoms with van der Waals surface area (Å²) >= 11 is 0. The van der Waals surface area contributed by atoms with Gasteiger partial charge in [-0.1, -0.05) is 0 Å². The van der Waals surface area contributed by atoms with Crippen LogP contribution in [0.4, 0.5) is 10.7 Å². The highest BCUT2D eigenvalue weighted by Crippen LogP contribution is 2.28. The maximum atomic E-state index is 12.1. The number of aromatic amines is 1. The molecule has 0 radical (unpaired) electrons. The van der Waals surface area contributed by atoms with E-state index in [1.165, 1.54) is 0 Å². The molecule has 0 atom stereocenters. The van der Waals surface area contributed by atoms with Gasteiger partial charge in [0.1, 0.15) is 22.6 Å². The number of amides is 1. The average molecular weight is 425 g/mol. The molecule has 1 aromatic carbocycles. The lowest BCUT2D eigenvalue weighted by Crippen LogP contribution is -2.46. The maximum absolute atomic E-state index is 12.1. The van der Waals surface area contributed by atoms with Crippen molar-refractivity contribution in [1.82, 2.24) is 25.3 Å². The number of hydrogen-bond acceptors (Lipinski definition) is 7. The molecule has 4 rings (SSSR count). The summed E-state index contributed by atoms with van der Waals surface area (Å²) in [7, 11) is 1.65. The van der Waals surface area contributed by atoms with Gasteiger partial charge in [0, 0.05) is 24.7 Å². The fourth-order valence-corrected chi connectivity index (χ4v) is 3.62. The van der Waals surface area contributed by atoms with Crippen LogP contribution in [0.3, 0.4) is 0 Å². The van der Waals surface area contributed by atoms with Gasteiger partial charge in [-0.15, -0.1) is 0 Å². The molecule has 1 amide bonds. The monoisotopic (exact) mass is 424 g/mol. The standard InChI is InChI=1S/C22H28N6O3/c1-22(2,3)31-21(29)25-15-9-11-28(12-10-15)20-26-17(18-19(27-20)24-13-23-18)14-5-7-16(30-4)8-6-14/h5-8,13,15H,9-12H2,1-4H3,(H,25,29)(H,23,24,26,27). The number of nitrogens with zero attached hydrogens (tertiary/aromatic N) is 4. The predicted octanol–water partition coefficient (Wildman–Crippen LogP) is 3.52. The highest BCUT2D eigenvalue weighted by molar-refractivity contribution is 5.88. The molecule has 164 valence electrons. The summed E-state index contributed by atoms with van der Waals surface area (Å²) in [4.78, 5) is 31.2. The molecule has 9 nitrogen and oxygen atoms in total. The summed E-state index contributed by atoms with van der Waals surface area (Å²) in [6.07, 6.45) is 2.84. The van der Waals surface area contributed by atoms with Crippen molar-refractivity contribution in [2.24, 2.45) is 0 Å². The predicted molar refractivity (Wildman–Crippen MR) is 118 cm³/mol. The molecule has 9 heteroatoms. The molecule has 0 unspecified atom stereocenters. The van der Waals surface area contributed by atoms with Crippen molar-refractivity contribution in [3.05, 3.63) is 30.6 Å². The third-order valence-electron chi connectivity index (χ3n) is 5.14. The van der Waals surface area contributed by atoms with Crippen molar-refractivity contribution in [3.63, 3.8) is 0 Å². The topological polar surface area (TPSA) is 105 Å². The molecule has 3 aromatic rings. The van der Waals surface area contributed by atoms with E-state index in [9.17, 15) is 4.79 Å². The van der Waals surface area contributed by atoms with Gasteiger partial charge in [0.05, 0.1) is 13.4 Å². The van der Waals surface area contributed by atoms with Crippen molar-refractivity contribution in [2.75, 3.05) is 25.1 Å². The zero-order chi connectivity index (χ0) is 22.0. The highest BCUT2D eigenvalue weighted by atomic mass is 16.6. The Morgan fingerprint density at radius 2 is 1.87 bits per heavy atom. The fourth-order valence-electron chi connectivity index (χ4n) is 3.62. The number of alkyl carbamates (subject to hydrolysis) is 1. The molecule has 1 saturated heterocycles. The van der Waals surface area contributed by atoms with Gasteiger partial charge in [-0.2, -0.15) is 4.98 Å². The van der Waals surface area contributed by atoms with Crippen LogP contribution in [-0.2, 0) is 4.74 Å². The van der Waals surface area contributed by atoms with E-state index in [4.69, 9.17) is 14.5 Å². The number of aromatic nitrogens is 4. The lowest BCUT2D eigenvalue weighted by molar-refractivity contribution is 0.0497. The van der Waals surface area contributed by atoms with Crippen LogP contribution in [-0.4, -0.2) is 57.9 Å². The van der Waals surface area contributed by atoms with Gasteiger partial charge in [0.2, 0.25) is 5.95 Å². The Balaban J connectivity index is 1.50. The van der Waals surface area contributed by atoms with Crippen LogP contribution < -0.4 is 15.0 Å². The Morgan fingerprint density at radius 3 is 2.52 bits per heavy atom. The Bertz CT molecular complexity index is 1050. The minimum atomic E-state index is -0.505. The van der Waals surface area contributed by atoms with E-state index in [1.54, 1.807) is 13.4 Å². The Labute approximate surface area is 181 Å². The van der Waals surface area contributed by atoms with Crippen LogP contribution >= 0.6 is 0 Å². The van der Waals surface area contributed by atoms with Crippen LogP contribution in [0, 0.1) is 0 Å². The van der Waals surface area contributed by atoms with Crippen molar-refractivity contribution in [2.45, 2.75) is 45.3 Å². The molecule has 2 N–H and O–H groups in total. The second kappa shape index (κ2) is 8.41. The first-order valence-electron chi connectivity index (χ1n) is 10.4. The number of fused-ring (bicyclic) bond motifs is 1. The van der Waals surface area contributed by atoms with Gasteiger partial charge in [0.15, 0.2) is 5.65 Å². The minimum absolute atomic E-state index is 0.0706. The summed E-state index contributed by atoms with van der Waals surface area (Å²) in [5.74, 6) is 1.43. The fraction of sp³-hybridized carbons (Fsp3) is 0.455. The molecule has 0 saturated carbocycles. The number of ether oxygens (including phenoxy) is 2. The number of rotatable bonds is 4. The van der Waals surface area contributed by atoms with Gasteiger partial charge >= 0.3 is 6.09 Å². The molecule has 0 aliphatic carbocycles. The molecule has 1 fully saturated rings. The number of carbonyl (C=O) groups excluding carboxylic acids is 1. The van der Waals surface area contributed by atoms with Crippen LogP contribution in [0.2, 0.25) is 0 Å². The molecule has 1 aliphatic heterocycles. The molecule has 0 spiro atoms. The average Bonchev–Trinajstić information content (AvgIpc) is 3.21. The smallest absolute Gasteiger partial charge is 0.407 e. The van der Waals surface area contributed by atoms with Crippen LogP contribution in [0.5, 0.6) is 5.75 Å². The Kier molecular flexibility index (Phi) is 5.67. The van der Waals surface area contributed by atoms with E-state index in [2.05, 4.69) is 25.2 Å². The second-order valence-electron chi connectivity index (χ2n) is 8.61. The summed E-state index contributed by atoms with van der Waals surface area (Å²) in [5, 5.41) is 2.96. The molecule has 1 aliphatic rings. The van der Waals surface area contributed by atoms with Crippen LogP contribution in [0.25, 0.3) is 22.4 Å².